The minimum atomic E-state index is -0.966. The molecule has 0 saturated carbocycles. The molecular formula is C18H23N3O4. The number of amides is 1. The lowest BCUT2D eigenvalue weighted by Crippen LogP contribution is -2.30. The summed E-state index contributed by atoms with van der Waals surface area (Å²) in [7, 11) is 0. The summed E-state index contributed by atoms with van der Waals surface area (Å²) >= 11 is 0. The molecule has 7 nitrogen and oxygen atoms in total. The monoisotopic (exact) mass is 345 g/mol. The Morgan fingerprint density at radius 1 is 1.28 bits per heavy atom. The third-order valence-electron chi connectivity index (χ3n) is 3.84. The second-order valence-corrected chi connectivity index (χ2v) is 6.28. The van der Waals surface area contributed by atoms with Crippen LogP contribution in [-0.2, 0) is 16.0 Å². The highest BCUT2D eigenvalue weighted by molar-refractivity contribution is 5.78. The number of rotatable bonds is 8. The van der Waals surface area contributed by atoms with Gasteiger partial charge in [-0.25, -0.2) is 0 Å². The number of nitrogens with zero attached hydrogens (tertiary/aromatic N) is 2. The van der Waals surface area contributed by atoms with Crippen molar-refractivity contribution >= 4 is 11.9 Å². The molecule has 2 aromatic rings. The summed E-state index contributed by atoms with van der Waals surface area (Å²) in [4.78, 5) is 27.6. The van der Waals surface area contributed by atoms with E-state index in [1.807, 2.05) is 45.0 Å². The zero-order chi connectivity index (χ0) is 18.4. The van der Waals surface area contributed by atoms with E-state index in [4.69, 9.17) is 9.63 Å². The fraction of sp³-hybridized carbons (Fsp3) is 0.444. The molecule has 0 bridgehead atoms. The average Bonchev–Trinajstić information content (AvgIpc) is 3.01. The number of nitrogens with one attached hydrogen (secondary N) is 1. The lowest BCUT2D eigenvalue weighted by Gasteiger charge is -2.19. The van der Waals surface area contributed by atoms with E-state index in [0.29, 0.717) is 18.1 Å². The zero-order valence-electron chi connectivity index (χ0n) is 14.7. The molecule has 0 fully saturated rings. The van der Waals surface area contributed by atoms with Crippen LogP contribution >= 0.6 is 0 Å². The van der Waals surface area contributed by atoms with Crippen LogP contribution in [0.15, 0.2) is 28.8 Å². The van der Waals surface area contributed by atoms with Crippen LogP contribution in [0.3, 0.4) is 0 Å². The maximum Gasteiger partial charge on any atom is 0.305 e. The molecule has 1 aromatic heterocycles. The van der Waals surface area contributed by atoms with Gasteiger partial charge in [0.25, 0.3) is 0 Å². The van der Waals surface area contributed by atoms with E-state index >= 15 is 0 Å². The van der Waals surface area contributed by atoms with Crippen LogP contribution in [0.1, 0.15) is 61.5 Å². The van der Waals surface area contributed by atoms with Crippen LogP contribution in [0, 0.1) is 6.92 Å². The summed E-state index contributed by atoms with van der Waals surface area (Å²) in [6.45, 7) is 5.81. The summed E-state index contributed by atoms with van der Waals surface area (Å²) in [6.07, 6.45) is 0.301. The first-order chi connectivity index (χ1) is 11.9. The van der Waals surface area contributed by atoms with Gasteiger partial charge in [-0.15, -0.1) is 0 Å². The van der Waals surface area contributed by atoms with Crippen molar-refractivity contribution in [1.29, 1.82) is 0 Å². The standard InChI is InChI=1S/C18H23N3O4/c1-11(2)18-20-16(25-21-18)9-8-15(22)19-14(10-17(23)24)13-7-5-4-6-12(13)3/h4-7,11,14H,8-10H2,1-3H3,(H,19,22)(H,23,24). The number of carboxylic acids is 1. The van der Waals surface area contributed by atoms with E-state index in [0.717, 1.165) is 11.1 Å². The van der Waals surface area contributed by atoms with Crippen molar-refractivity contribution in [3.05, 3.63) is 47.1 Å². The van der Waals surface area contributed by atoms with Gasteiger partial charge in [0.05, 0.1) is 12.5 Å². The van der Waals surface area contributed by atoms with E-state index in [-0.39, 0.29) is 24.7 Å². The number of hydrogen-bond acceptors (Lipinski definition) is 5. The van der Waals surface area contributed by atoms with Gasteiger partial charge in [0.15, 0.2) is 5.82 Å². The number of carbonyl (C=O) groups excluding carboxylic acids is 1. The van der Waals surface area contributed by atoms with Crippen LogP contribution in [0.25, 0.3) is 0 Å². The number of aliphatic carboxylic acids is 1. The van der Waals surface area contributed by atoms with Crippen molar-refractivity contribution < 1.29 is 19.2 Å². The van der Waals surface area contributed by atoms with Crippen LogP contribution in [0.5, 0.6) is 0 Å². The van der Waals surface area contributed by atoms with Crippen molar-refractivity contribution in [3.63, 3.8) is 0 Å². The first-order valence-corrected chi connectivity index (χ1v) is 8.26. The molecule has 0 saturated heterocycles. The number of aryl methyl sites for hydroxylation is 2. The number of carbonyl (C=O) groups is 2. The lowest BCUT2D eigenvalue weighted by atomic mass is 9.98. The molecule has 0 radical (unpaired) electrons. The number of hydrogen-bond donors (Lipinski definition) is 2. The molecule has 1 atom stereocenters. The van der Waals surface area contributed by atoms with E-state index in [1.54, 1.807) is 0 Å². The van der Waals surface area contributed by atoms with Crippen molar-refractivity contribution in [3.8, 4) is 0 Å². The molecule has 25 heavy (non-hydrogen) atoms. The van der Waals surface area contributed by atoms with Gasteiger partial charge in [-0.3, -0.25) is 9.59 Å². The lowest BCUT2D eigenvalue weighted by molar-refractivity contribution is -0.137. The molecule has 2 rings (SSSR count). The second-order valence-electron chi connectivity index (χ2n) is 6.28. The number of carboxylic acid groups (broad SMARTS) is 1. The maximum absolute atomic E-state index is 12.2. The highest BCUT2D eigenvalue weighted by Crippen LogP contribution is 2.21. The molecule has 1 heterocycles. The van der Waals surface area contributed by atoms with Crippen molar-refractivity contribution in [2.24, 2.45) is 0 Å². The predicted molar refractivity (Wildman–Crippen MR) is 91.0 cm³/mol. The van der Waals surface area contributed by atoms with Gasteiger partial charge in [0.2, 0.25) is 11.8 Å². The van der Waals surface area contributed by atoms with E-state index < -0.39 is 12.0 Å². The average molecular weight is 345 g/mol. The van der Waals surface area contributed by atoms with Gasteiger partial charge in [0.1, 0.15) is 0 Å². The summed E-state index contributed by atoms with van der Waals surface area (Å²) in [5.74, 6) is -0.0400. The molecule has 1 unspecified atom stereocenters. The van der Waals surface area contributed by atoms with Gasteiger partial charge in [0, 0.05) is 18.8 Å². The van der Waals surface area contributed by atoms with Crippen molar-refractivity contribution in [2.45, 2.75) is 52.0 Å². The van der Waals surface area contributed by atoms with Crippen LogP contribution in [-0.4, -0.2) is 27.1 Å². The van der Waals surface area contributed by atoms with Crippen LogP contribution in [0.2, 0.25) is 0 Å². The van der Waals surface area contributed by atoms with E-state index in [2.05, 4.69) is 15.5 Å². The van der Waals surface area contributed by atoms with E-state index in [1.165, 1.54) is 0 Å². The third-order valence-corrected chi connectivity index (χ3v) is 3.84. The fourth-order valence-electron chi connectivity index (χ4n) is 2.48. The van der Waals surface area contributed by atoms with Crippen LogP contribution < -0.4 is 5.32 Å². The Kier molecular flexibility index (Phi) is 6.27. The molecule has 0 aliphatic heterocycles. The minimum absolute atomic E-state index is 0.154. The Balaban J connectivity index is 1.99. The maximum atomic E-state index is 12.2. The van der Waals surface area contributed by atoms with Gasteiger partial charge in [-0.2, -0.15) is 4.98 Å². The molecule has 1 aromatic carbocycles. The highest BCUT2D eigenvalue weighted by atomic mass is 16.5. The molecule has 0 aliphatic carbocycles. The van der Waals surface area contributed by atoms with Gasteiger partial charge in [-0.1, -0.05) is 43.3 Å². The third kappa shape index (κ3) is 5.41. The summed E-state index contributed by atoms with van der Waals surface area (Å²) in [5.41, 5.74) is 1.74. The Hall–Kier alpha value is -2.70. The Morgan fingerprint density at radius 3 is 2.60 bits per heavy atom. The molecule has 0 aliphatic rings. The van der Waals surface area contributed by atoms with E-state index in [9.17, 15) is 9.59 Å². The number of benzene rings is 1. The Labute approximate surface area is 146 Å². The predicted octanol–water partition coefficient (Wildman–Crippen LogP) is 2.77. The summed E-state index contributed by atoms with van der Waals surface area (Å²) < 4.78 is 5.11. The van der Waals surface area contributed by atoms with Gasteiger partial charge < -0.3 is 14.9 Å². The summed E-state index contributed by atoms with van der Waals surface area (Å²) in [6, 6.07) is 6.86. The second kappa shape index (κ2) is 8.41. The fourth-order valence-corrected chi connectivity index (χ4v) is 2.48. The quantitative estimate of drug-likeness (QED) is 0.762. The van der Waals surface area contributed by atoms with Crippen LogP contribution in [0.4, 0.5) is 0 Å². The SMILES string of the molecule is Cc1ccccc1C(CC(=O)O)NC(=O)CCc1nc(C(C)C)no1. The molecular weight excluding hydrogens is 322 g/mol. The van der Waals surface area contributed by atoms with Gasteiger partial charge in [-0.05, 0) is 18.1 Å². The zero-order valence-corrected chi connectivity index (χ0v) is 14.7. The first kappa shape index (κ1) is 18.6. The largest absolute Gasteiger partial charge is 0.481 e. The smallest absolute Gasteiger partial charge is 0.305 e. The Morgan fingerprint density at radius 2 is 2.00 bits per heavy atom. The molecule has 0 spiro atoms. The van der Waals surface area contributed by atoms with Crippen molar-refractivity contribution in [1.82, 2.24) is 15.5 Å². The molecule has 2 N–H and O–H groups in total. The molecule has 134 valence electrons. The Bertz CT molecular complexity index is 739. The van der Waals surface area contributed by atoms with Crippen molar-refractivity contribution in [2.75, 3.05) is 0 Å². The highest BCUT2D eigenvalue weighted by Gasteiger charge is 2.20. The summed E-state index contributed by atoms with van der Waals surface area (Å²) in [5, 5.41) is 15.8. The normalized spacial score (nSPS) is 12.2. The molecule has 7 heteroatoms. The van der Waals surface area contributed by atoms with Gasteiger partial charge >= 0.3 is 5.97 Å². The number of aromatic nitrogens is 2. The first-order valence-electron chi connectivity index (χ1n) is 8.26. The minimum Gasteiger partial charge on any atom is -0.481 e. The topological polar surface area (TPSA) is 105 Å². The molecule has 1 amide bonds.